The Labute approximate surface area is 171 Å². The molecule has 1 aliphatic carbocycles. The number of hydrogen-bond acceptors (Lipinski definition) is 5. The van der Waals surface area contributed by atoms with Gasteiger partial charge in [0, 0.05) is 31.2 Å². The first kappa shape index (κ1) is 19.6. The molecule has 3 aliphatic rings. The molecular weight excluding hydrogens is 368 g/mol. The van der Waals surface area contributed by atoms with Gasteiger partial charge in [-0.25, -0.2) is 4.79 Å². The normalized spacial score (nSPS) is 25.2. The highest BCUT2D eigenvalue weighted by molar-refractivity contribution is 5.90. The molecule has 6 nitrogen and oxygen atoms in total. The van der Waals surface area contributed by atoms with E-state index in [1.54, 1.807) is 12.1 Å². The maximum atomic E-state index is 10.3. The quantitative estimate of drug-likeness (QED) is 0.735. The summed E-state index contributed by atoms with van der Waals surface area (Å²) in [5.74, 6) is 0.0237. The van der Waals surface area contributed by atoms with Crippen molar-refractivity contribution in [3.8, 4) is 11.5 Å². The van der Waals surface area contributed by atoms with E-state index < -0.39 is 5.97 Å². The molecule has 29 heavy (non-hydrogen) atoms. The summed E-state index contributed by atoms with van der Waals surface area (Å²) in [4.78, 5) is 15.3. The summed E-state index contributed by atoms with van der Waals surface area (Å²) in [6, 6.07) is 11.7. The van der Waals surface area contributed by atoms with Crippen LogP contribution in [0.5, 0.6) is 11.5 Å². The fraction of sp³-hybridized carbons (Fsp3) is 0.435. The Morgan fingerprint density at radius 1 is 1.17 bits per heavy atom. The van der Waals surface area contributed by atoms with Crippen LogP contribution in [0.2, 0.25) is 0 Å². The van der Waals surface area contributed by atoms with Crippen molar-refractivity contribution in [2.45, 2.75) is 37.8 Å². The van der Waals surface area contributed by atoms with Gasteiger partial charge >= 0.3 is 5.97 Å². The van der Waals surface area contributed by atoms with Crippen LogP contribution in [0.15, 0.2) is 42.5 Å². The highest BCUT2D eigenvalue weighted by Gasteiger charge is 2.53. The second-order valence-corrected chi connectivity index (χ2v) is 8.61. The first-order valence-electron chi connectivity index (χ1n) is 10.1. The van der Waals surface area contributed by atoms with Gasteiger partial charge in [-0.2, -0.15) is 0 Å². The van der Waals surface area contributed by atoms with Gasteiger partial charge < -0.3 is 20.2 Å². The van der Waals surface area contributed by atoms with Gasteiger partial charge in [-0.3, -0.25) is 4.90 Å². The maximum absolute atomic E-state index is 10.3. The van der Waals surface area contributed by atoms with E-state index >= 15 is 0 Å². The number of anilines is 1. The van der Waals surface area contributed by atoms with E-state index in [-0.39, 0.29) is 16.7 Å². The minimum absolute atomic E-state index is 0.0671. The molecule has 2 unspecified atom stereocenters. The van der Waals surface area contributed by atoms with Crippen molar-refractivity contribution in [2.24, 2.45) is 5.92 Å². The van der Waals surface area contributed by atoms with Gasteiger partial charge in [0.05, 0.1) is 6.17 Å². The number of carboxylic acid groups (broad SMARTS) is 1. The van der Waals surface area contributed by atoms with Crippen molar-refractivity contribution in [3.63, 3.8) is 0 Å². The molecule has 2 atom stereocenters. The summed E-state index contributed by atoms with van der Waals surface area (Å²) < 4.78 is 0. The molecule has 6 heteroatoms. The molecule has 0 bridgehead atoms. The van der Waals surface area contributed by atoms with Crippen LogP contribution < -0.4 is 4.90 Å². The third-order valence-corrected chi connectivity index (χ3v) is 6.50. The minimum Gasteiger partial charge on any atom is -0.508 e. The Morgan fingerprint density at radius 3 is 2.52 bits per heavy atom. The lowest BCUT2D eigenvalue weighted by Gasteiger charge is -2.34. The monoisotopic (exact) mass is 396 g/mol. The van der Waals surface area contributed by atoms with Crippen molar-refractivity contribution in [2.75, 3.05) is 25.0 Å². The lowest BCUT2D eigenvalue weighted by molar-refractivity contribution is 0.0693. The number of phenolic OH excluding ortho intramolecular Hbond substituents is 1. The average molecular weight is 396 g/mol. The number of likely N-dealkylation sites (N-methyl/N-ethyl adjacent to an activating group) is 1. The van der Waals surface area contributed by atoms with Crippen molar-refractivity contribution in [1.29, 1.82) is 0 Å². The van der Waals surface area contributed by atoms with Gasteiger partial charge in [0.1, 0.15) is 17.1 Å². The molecule has 5 rings (SSSR count). The first-order valence-corrected chi connectivity index (χ1v) is 10.1. The van der Waals surface area contributed by atoms with Crippen LogP contribution in [0, 0.1) is 5.92 Å². The predicted octanol–water partition coefficient (Wildman–Crippen LogP) is 3.63. The third-order valence-electron chi connectivity index (χ3n) is 6.50. The summed E-state index contributed by atoms with van der Waals surface area (Å²) in [5, 5.41) is 27.1. The number of fused-ring (bicyclic) bond motifs is 3. The van der Waals surface area contributed by atoms with Crippen LogP contribution in [-0.2, 0) is 5.41 Å². The number of aromatic carboxylic acids is 1. The number of nitrogens with zero attached hydrogens (tertiary/aromatic N) is 2. The number of carbonyl (C=O) groups is 1. The Hall–Kier alpha value is -2.73. The molecule has 3 N–H and O–H groups in total. The summed E-state index contributed by atoms with van der Waals surface area (Å²) in [6.07, 6.45) is 4.50. The Kier molecular flexibility index (Phi) is 4.90. The molecule has 2 aliphatic heterocycles. The zero-order valence-electron chi connectivity index (χ0n) is 16.9. The maximum Gasteiger partial charge on any atom is 0.339 e. The number of carboxylic acids is 1. The first-order chi connectivity index (χ1) is 13.8. The van der Waals surface area contributed by atoms with E-state index in [0.29, 0.717) is 11.9 Å². The second kappa shape index (κ2) is 7.26. The molecule has 0 aromatic heterocycles. The smallest absolute Gasteiger partial charge is 0.339 e. The fourth-order valence-corrected chi connectivity index (χ4v) is 4.87. The number of para-hydroxylation sites is 1. The highest BCUT2D eigenvalue weighted by Crippen LogP contribution is 2.52. The van der Waals surface area contributed by atoms with E-state index in [4.69, 9.17) is 10.2 Å². The Bertz CT molecular complexity index is 927. The molecular formula is C23H28N2O4. The largest absolute Gasteiger partial charge is 0.508 e. The summed E-state index contributed by atoms with van der Waals surface area (Å²) in [5.41, 5.74) is 2.74. The van der Waals surface area contributed by atoms with Crippen molar-refractivity contribution < 1.29 is 20.1 Å². The number of phenols is 2. The SMILES string of the molecule is CN1c2ccc(O)cc2C2(C)CCN(CC3CC3)C12.O=C(O)c1ccccc1O. The topological polar surface area (TPSA) is 84.2 Å². The van der Waals surface area contributed by atoms with Gasteiger partial charge in [0.15, 0.2) is 0 Å². The summed E-state index contributed by atoms with van der Waals surface area (Å²) in [7, 11) is 2.21. The van der Waals surface area contributed by atoms with Gasteiger partial charge in [-0.1, -0.05) is 19.1 Å². The van der Waals surface area contributed by atoms with E-state index in [1.807, 2.05) is 12.1 Å². The van der Waals surface area contributed by atoms with Crippen LogP contribution in [0.1, 0.15) is 42.1 Å². The molecule has 0 radical (unpaired) electrons. The molecule has 2 fully saturated rings. The molecule has 2 aromatic rings. The molecule has 0 spiro atoms. The lowest BCUT2D eigenvalue weighted by Crippen LogP contribution is -2.47. The van der Waals surface area contributed by atoms with Gasteiger partial charge in [0.25, 0.3) is 0 Å². The molecule has 154 valence electrons. The summed E-state index contributed by atoms with van der Waals surface area (Å²) >= 11 is 0. The Balaban J connectivity index is 0.000000174. The fourth-order valence-electron chi connectivity index (χ4n) is 4.87. The molecule has 1 saturated heterocycles. The number of benzene rings is 2. The van der Waals surface area contributed by atoms with Crippen LogP contribution in [-0.4, -0.2) is 52.5 Å². The predicted molar refractivity (Wildman–Crippen MR) is 112 cm³/mol. The van der Waals surface area contributed by atoms with Crippen molar-refractivity contribution >= 4 is 11.7 Å². The number of hydrogen-bond donors (Lipinski definition) is 3. The Morgan fingerprint density at radius 2 is 1.90 bits per heavy atom. The van der Waals surface area contributed by atoms with E-state index in [9.17, 15) is 9.90 Å². The third kappa shape index (κ3) is 3.53. The van der Waals surface area contributed by atoms with Crippen LogP contribution in [0.4, 0.5) is 5.69 Å². The zero-order valence-corrected chi connectivity index (χ0v) is 16.9. The van der Waals surface area contributed by atoms with Crippen molar-refractivity contribution in [1.82, 2.24) is 4.90 Å². The molecule has 2 heterocycles. The molecule has 2 aromatic carbocycles. The van der Waals surface area contributed by atoms with E-state index in [1.165, 1.54) is 55.7 Å². The van der Waals surface area contributed by atoms with Gasteiger partial charge in [-0.05, 0) is 61.1 Å². The number of likely N-dealkylation sites (tertiary alicyclic amines) is 1. The van der Waals surface area contributed by atoms with Gasteiger partial charge in [-0.15, -0.1) is 0 Å². The summed E-state index contributed by atoms with van der Waals surface area (Å²) in [6.45, 7) is 4.81. The van der Waals surface area contributed by atoms with Crippen LogP contribution in [0.25, 0.3) is 0 Å². The van der Waals surface area contributed by atoms with E-state index in [2.05, 4.69) is 29.8 Å². The number of aromatic hydroxyl groups is 2. The van der Waals surface area contributed by atoms with Gasteiger partial charge in [0.2, 0.25) is 0 Å². The minimum atomic E-state index is -1.11. The molecule has 0 amide bonds. The average Bonchev–Trinajstić information content (AvgIpc) is 3.39. The second-order valence-electron chi connectivity index (χ2n) is 8.61. The van der Waals surface area contributed by atoms with E-state index in [0.717, 1.165) is 5.92 Å². The standard InChI is InChI=1S/C16H22N2O.C7H6O3/c1-16-7-8-18(10-11-3-4-11)15(16)17(2)14-6-5-12(19)9-13(14)16;8-6-4-2-1-3-5(6)7(9)10/h5-6,9,11,15,19H,3-4,7-8,10H2,1-2H3;1-4,8H,(H,9,10). The van der Waals surface area contributed by atoms with Crippen molar-refractivity contribution in [3.05, 3.63) is 53.6 Å². The molecule has 1 saturated carbocycles. The highest BCUT2D eigenvalue weighted by atomic mass is 16.4. The lowest BCUT2D eigenvalue weighted by atomic mass is 9.81. The van der Waals surface area contributed by atoms with Crippen LogP contribution in [0.3, 0.4) is 0 Å². The zero-order chi connectivity index (χ0) is 20.8. The number of rotatable bonds is 3. The van der Waals surface area contributed by atoms with Crippen LogP contribution >= 0.6 is 0 Å².